The molecule has 3 aliphatic rings. The molecule has 2 atom stereocenters. The highest BCUT2D eigenvalue weighted by Gasteiger charge is 2.40. The molecule has 1 heterocycles. The van der Waals surface area contributed by atoms with Gasteiger partial charge in [-0.1, -0.05) is 49.6 Å². The Morgan fingerprint density at radius 1 is 1.00 bits per heavy atom. The van der Waals surface area contributed by atoms with Crippen LogP contribution >= 0.6 is 0 Å². The molecule has 1 aromatic rings. The molecule has 6 nitrogen and oxygen atoms in total. The van der Waals surface area contributed by atoms with Crippen molar-refractivity contribution in [3.63, 3.8) is 0 Å². The standard InChI is InChI=1S/C29H46N4O2/c30-25-15-13-23(14-16-25)20-27(29(35)33-18-7-12-26(33)28(31)34)32(21-24-10-5-2-6-11-24)19-17-22-8-3-1-4-9-22/h1,3-4,8-9,23-27H,2,5-7,10-21,30H2,(H2,31,34)/t23?,25?,26-,27-/m0/s1/i23D. The summed E-state index contributed by atoms with van der Waals surface area (Å²) in [6.45, 7) is 2.24. The molecule has 2 amide bonds. The number of primary amides is 1. The second-order valence-electron chi connectivity index (χ2n) is 11.1. The number of rotatable bonds is 10. The van der Waals surface area contributed by atoms with Crippen LogP contribution in [-0.4, -0.2) is 59.4 Å². The van der Waals surface area contributed by atoms with Crippen molar-refractivity contribution < 1.29 is 11.0 Å². The van der Waals surface area contributed by atoms with E-state index in [9.17, 15) is 11.0 Å². The topological polar surface area (TPSA) is 92.7 Å². The molecule has 3 fully saturated rings. The van der Waals surface area contributed by atoms with Crippen molar-refractivity contribution in [2.75, 3.05) is 19.6 Å². The number of amides is 2. The monoisotopic (exact) mass is 483 g/mol. The first kappa shape index (κ1) is 24.8. The van der Waals surface area contributed by atoms with Gasteiger partial charge in [0.1, 0.15) is 6.04 Å². The molecular weight excluding hydrogens is 436 g/mol. The first-order chi connectivity index (χ1) is 17.3. The number of carbonyl (C=O) groups is 2. The van der Waals surface area contributed by atoms with Gasteiger partial charge in [0.25, 0.3) is 0 Å². The van der Waals surface area contributed by atoms with Crippen molar-refractivity contribution in [3.05, 3.63) is 35.9 Å². The normalized spacial score (nSPS) is 29.2. The SMILES string of the molecule is [2H]C1(C[C@@H](C(=O)N2CCC[C@H]2C(N)=O)N(CCc2ccccc2)CC2CCCCC2)CCC(N)CC1. The molecule has 1 saturated heterocycles. The van der Waals surface area contributed by atoms with Crippen molar-refractivity contribution in [1.29, 1.82) is 0 Å². The number of hydrogen-bond acceptors (Lipinski definition) is 4. The van der Waals surface area contributed by atoms with Crippen molar-refractivity contribution in [2.24, 2.45) is 23.3 Å². The molecule has 194 valence electrons. The Balaban J connectivity index is 1.60. The van der Waals surface area contributed by atoms with E-state index >= 15 is 0 Å². The van der Waals surface area contributed by atoms with Gasteiger partial charge in [0.15, 0.2) is 0 Å². The third-order valence-corrected chi connectivity index (χ3v) is 8.56. The lowest BCUT2D eigenvalue weighted by molar-refractivity contribution is -0.143. The van der Waals surface area contributed by atoms with E-state index < -0.39 is 23.9 Å². The van der Waals surface area contributed by atoms with E-state index in [0.29, 0.717) is 25.3 Å². The minimum absolute atomic E-state index is 0.00154. The molecule has 0 bridgehead atoms. The zero-order valence-corrected chi connectivity index (χ0v) is 21.4. The lowest BCUT2D eigenvalue weighted by atomic mass is 9.81. The Morgan fingerprint density at radius 2 is 1.71 bits per heavy atom. The summed E-state index contributed by atoms with van der Waals surface area (Å²) < 4.78 is 9.30. The van der Waals surface area contributed by atoms with Gasteiger partial charge < -0.3 is 16.4 Å². The number of nitrogens with two attached hydrogens (primary N) is 2. The highest BCUT2D eigenvalue weighted by molar-refractivity contribution is 5.89. The second-order valence-corrected chi connectivity index (χ2v) is 11.1. The van der Waals surface area contributed by atoms with Crippen LogP contribution in [0.15, 0.2) is 30.3 Å². The first-order valence-corrected chi connectivity index (χ1v) is 14.0. The van der Waals surface area contributed by atoms with Crippen molar-refractivity contribution in [3.8, 4) is 0 Å². The Labute approximate surface area is 213 Å². The van der Waals surface area contributed by atoms with Gasteiger partial charge in [0.2, 0.25) is 11.8 Å². The average Bonchev–Trinajstić information content (AvgIpc) is 3.39. The van der Waals surface area contributed by atoms with Gasteiger partial charge in [0.05, 0.1) is 6.04 Å². The molecule has 4 N–H and O–H groups in total. The minimum atomic E-state index is -0.657. The van der Waals surface area contributed by atoms with Crippen LogP contribution in [0.3, 0.4) is 0 Å². The van der Waals surface area contributed by atoms with Crippen LogP contribution in [0.1, 0.15) is 84.0 Å². The van der Waals surface area contributed by atoms with Gasteiger partial charge in [-0.15, -0.1) is 0 Å². The quantitative estimate of drug-likeness (QED) is 0.528. The molecule has 2 saturated carbocycles. The average molecular weight is 484 g/mol. The molecule has 0 radical (unpaired) electrons. The van der Waals surface area contributed by atoms with E-state index in [0.717, 1.165) is 51.6 Å². The maximum atomic E-state index is 14.2. The van der Waals surface area contributed by atoms with Gasteiger partial charge in [-0.05, 0) is 81.6 Å². The van der Waals surface area contributed by atoms with Gasteiger partial charge >= 0.3 is 0 Å². The van der Waals surface area contributed by atoms with Crippen LogP contribution in [-0.2, 0) is 16.0 Å². The molecule has 35 heavy (non-hydrogen) atoms. The molecular formula is C29H46N4O2. The zero-order chi connectivity index (χ0) is 25.5. The molecule has 1 aromatic carbocycles. The fraction of sp³-hybridized carbons (Fsp3) is 0.724. The van der Waals surface area contributed by atoms with Gasteiger partial charge in [-0.2, -0.15) is 0 Å². The van der Waals surface area contributed by atoms with Crippen molar-refractivity contribution in [1.82, 2.24) is 9.80 Å². The molecule has 0 spiro atoms. The number of likely N-dealkylation sites (tertiary alicyclic amines) is 1. The van der Waals surface area contributed by atoms with Crippen LogP contribution < -0.4 is 11.5 Å². The Morgan fingerprint density at radius 3 is 2.40 bits per heavy atom. The Hall–Kier alpha value is -1.92. The summed E-state index contributed by atoms with van der Waals surface area (Å²) in [6.07, 6.45) is 12.2. The van der Waals surface area contributed by atoms with Crippen molar-refractivity contribution >= 4 is 11.8 Å². The summed E-state index contributed by atoms with van der Waals surface area (Å²) >= 11 is 0. The van der Waals surface area contributed by atoms with Gasteiger partial charge in [-0.25, -0.2) is 0 Å². The summed E-state index contributed by atoms with van der Waals surface area (Å²) in [5.74, 6) is -0.485. The Kier molecular flexibility index (Phi) is 9.10. The highest BCUT2D eigenvalue weighted by Crippen LogP contribution is 2.32. The largest absolute Gasteiger partial charge is 0.368 e. The predicted molar refractivity (Wildman–Crippen MR) is 141 cm³/mol. The van der Waals surface area contributed by atoms with E-state index in [1.807, 2.05) is 6.07 Å². The summed E-state index contributed by atoms with van der Waals surface area (Å²) in [5.41, 5.74) is 13.1. The van der Waals surface area contributed by atoms with Crippen molar-refractivity contribution in [2.45, 2.75) is 102 Å². The molecule has 0 unspecified atom stereocenters. The van der Waals surface area contributed by atoms with E-state index in [1.54, 1.807) is 4.90 Å². The van der Waals surface area contributed by atoms with Crippen LogP contribution in [0.25, 0.3) is 0 Å². The lowest BCUT2D eigenvalue weighted by Gasteiger charge is -2.40. The lowest BCUT2D eigenvalue weighted by Crippen LogP contribution is -2.54. The number of carbonyl (C=O) groups excluding carboxylic acids is 2. The maximum Gasteiger partial charge on any atom is 0.240 e. The molecule has 2 aliphatic carbocycles. The van der Waals surface area contributed by atoms with Crippen LogP contribution in [0.5, 0.6) is 0 Å². The smallest absolute Gasteiger partial charge is 0.240 e. The second kappa shape index (κ2) is 12.9. The van der Waals surface area contributed by atoms with Gasteiger partial charge in [-0.3, -0.25) is 14.5 Å². The predicted octanol–water partition coefficient (Wildman–Crippen LogP) is 3.86. The summed E-state index contributed by atoms with van der Waals surface area (Å²) in [7, 11) is 0. The van der Waals surface area contributed by atoms with E-state index in [2.05, 4.69) is 29.2 Å². The summed E-state index contributed by atoms with van der Waals surface area (Å²) in [4.78, 5) is 30.5. The number of benzene rings is 1. The minimum Gasteiger partial charge on any atom is -0.368 e. The zero-order valence-electron chi connectivity index (χ0n) is 22.4. The molecule has 0 aromatic heterocycles. The van der Waals surface area contributed by atoms with E-state index in [-0.39, 0.29) is 11.9 Å². The first-order valence-electron chi connectivity index (χ1n) is 14.5. The van der Waals surface area contributed by atoms with E-state index in [4.69, 9.17) is 11.5 Å². The maximum absolute atomic E-state index is 14.2. The summed E-state index contributed by atoms with van der Waals surface area (Å²) in [5, 5.41) is 0. The molecule has 4 rings (SSSR count). The molecule has 1 aliphatic heterocycles. The molecule has 6 heteroatoms. The third kappa shape index (κ3) is 7.29. The number of hydrogen-bond donors (Lipinski definition) is 2. The van der Waals surface area contributed by atoms with Gasteiger partial charge in [0, 0.05) is 27.0 Å². The van der Waals surface area contributed by atoms with Crippen LogP contribution in [0.2, 0.25) is 0 Å². The van der Waals surface area contributed by atoms with Crippen LogP contribution in [0, 0.1) is 11.8 Å². The number of nitrogens with zero attached hydrogens (tertiary/aromatic N) is 2. The fourth-order valence-corrected chi connectivity index (χ4v) is 6.41. The Bertz CT molecular complexity index is 852. The summed E-state index contributed by atoms with van der Waals surface area (Å²) in [6, 6.07) is 9.69. The fourth-order valence-electron chi connectivity index (χ4n) is 6.41. The van der Waals surface area contributed by atoms with E-state index in [1.165, 1.54) is 37.7 Å². The van der Waals surface area contributed by atoms with Crippen LogP contribution in [0.4, 0.5) is 0 Å². The third-order valence-electron chi connectivity index (χ3n) is 8.56. The highest BCUT2D eigenvalue weighted by atomic mass is 16.2.